The van der Waals surface area contributed by atoms with E-state index in [1.54, 1.807) is 12.1 Å². The molecule has 16 rings (SSSR count). The fourth-order valence-corrected chi connectivity index (χ4v) is 13.7. The zero-order valence-corrected chi connectivity index (χ0v) is 48.2. The highest BCUT2D eigenvalue weighted by atomic mass is 19.4. The summed E-state index contributed by atoms with van der Waals surface area (Å²) in [6, 6.07) is 103. The van der Waals surface area contributed by atoms with E-state index in [2.05, 4.69) is 251 Å². The monoisotopic (exact) mass is 1160 g/mol. The lowest BCUT2D eigenvalue weighted by Gasteiger charge is -2.44. The molecule has 14 aromatic rings. The van der Waals surface area contributed by atoms with Gasteiger partial charge in [-0.25, -0.2) is 4.85 Å². The van der Waals surface area contributed by atoms with E-state index < -0.39 is 11.7 Å². The van der Waals surface area contributed by atoms with E-state index in [4.69, 9.17) is 6.57 Å². The number of aromatic nitrogens is 1. The third kappa shape index (κ3) is 9.02. The van der Waals surface area contributed by atoms with Gasteiger partial charge in [-0.1, -0.05) is 206 Å². The molecule has 0 aliphatic carbocycles. The highest BCUT2D eigenvalue weighted by Crippen LogP contribution is 2.49. The van der Waals surface area contributed by atoms with Gasteiger partial charge >= 0.3 is 6.18 Å². The molecule has 0 fully saturated rings. The molecule has 5 nitrogen and oxygen atoms in total. The minimum atomic E-state index is -4.79. The Bertz CT molecular complexity index is 5050. The van der Waals surface area contributed by atoms with E-state index in [1.165, 1.54) is 29.1 Å². The van der Waals surface area contributed by atoms with Crippen LogP contribution in [0.15, 0.2) is 297 Å². The van der Waals surface area contributed by atoms with E-state index in [1.807, 2.05) is 34.9 Å². The Morgan fingerprint density at radius 3 is 1.32 bits per heavy atom. The number of hydrogen-bond acceptors (Lipinski definition) is 3. The number of anilines is 6. The molecule has 2 aliphatic rings. The molecule has 0 atom stereocenters. The molecule has 0 saturated carbocycles. The number of rotatable bonds is 9. The van der Waals surface area contributed by atoms with Crippen LogP contribution in [0.2, 0.25) is 0 Å². The number of hydrogen-bond donors (Lipinski definition) is 0. The average Bonchev–Trinajstić information content (AvgIpc) is 0.781. The van der Waals surface area contributed by atoms with Crippen molar-refractivity contribution < 1.29 is 13.2 Å². The number of para-hydroxylation sites is 1. The molecule has 0 N–H and O–H groups in total. The minimum absolute atomic E-state index is 0.125. The van der Waals surface area contributed by atoms with Gasteiger partial charge in [0.25, 0.3) is 6.71 Å². The van der Waals surface area contributed by atoms with Gasteiger partial charge in [-0.3, -0.25) is 0 Å². The Labute approximate surface area is 519 Å². The summed E-state index contributed by atoms with van der Waals surface area (Å²) in [6.45, 7) is 7.36. The maximum atomic E-state index is 15.1. The second kappa shape index (κ2) is 21.5. The molecule has 2 aliphatic heterocycles. The third-order valence-corrected chi connectivity index (χ3v) is 17.8. The topological polar surface area (TPSA) is 39.6 Å². The van der Waals surface area contributed by atoms with Gasteiger partial charge in [-0.2, -0.15) is 18.4 Å². The van der Waals surface area contributed by atoms with Crippen LogP contribution >= 0.6 is 0 Å². The number of alkyl halides is 3. The number of halogens is 3. The average molecular weight is 1160 g/mol. The van der Waals surface area contributed by atoms with E-state index in [0.717, 1.165) is 123 Å². The zero-order chi connectivity index (χ0) is 60.6. The van der Waals surface area contributed by atoms with Gasteiger partial charge < -0.3 is 14.4 Å². The van der Waals surface area contributed by atoms with Crippen LogP contribution in [0, 0.1) is 17.9 Å². The standard InChI is InChI=1S/C81H49BF3N5/c1-87-63-34-39-66(70(50-63)81(83,84)85)68-44-52(51-86)26-40-74(68)90-73-25-15-14-24-67(73)69-45-59(31-41-75(69)90)62-48-78-80-79(49-62)89(65-37-29-58(30-38-65)54-18-8-3-9-19-54)77-43-33-61(56-22-12-5-13-23-56)47-72(77)82(80)71-46-60(55-20-10-4-11-21-55)32-42-76(71)88(78)64-35-27-57(28-36-64)53-16-6-2-7-17-53/h2-50H. The lowest BCUT2D eigenvalue weighted by molar-refractivity contribution is -0.137. The first-order chi connectivity index (χ1) is 44.2. The Morgan fingerprint density at radius 1 is 0.367 bits per heavy atom. The van der Waals surface area contributed by atoms with E-state index in [-0.39, 0.29) is 29.1 Å². The van der Waals surface area contributed by atoms with E-state index >= 15 is 13.2 Å². The summed E-state index contributed by atoms with van der Waals surface area (Å²) in [5.41, 5.74) is 21.8. The number of nitrogens with zero attached hydrogens (tertiary/aromatic N) is 5. The van der Waals surface area contributed by atoms with Gasteiger partial charge in [0.1, 0.15) is 0 Å². The third-order valence-electron chi connectivity index (χ3n) is 17.8. The predicted octanol–water partition coefficient (Wildman–Crippen LogP) is 20.3. The van der Waals surface area contributed by atoms with Crippen LogP contribution < -0.4 is 26.2 Å². The molecule has 1 aromatic heterocycles. The van der Waals surface area contributed by atoms with Crippen molar-refractivity contribution in [3.8, 4) is 78.5 Å². The fourth-order valence-electron chi connectivity index (χ4n) is 13.7. The van der Waals surface area contributed by atoms with E-state index in [0.29, 0.717) is 5.69 Å². The highest BCUT2D eigenvalue weighted by molar-refractivity contribution is 7.00. The molecule has 3 heterocycles. The SMILES string of the molecule is [C-]#[N+]c1ccc(-c2cc(C#N)ccc2-n2c3ccccc3c3cc(-c4cc5c6c(c4)N(c4ccc(-c7ccccc7)cc4)c4ccc(-c7ccccc7)cc4B6c4cc(-c6ccccc6)ccc4N5c4ccc(-c5ccccc5)cc4)ccc32)c(C(F)(F)F)c1. The summed E-state index contributed by atoms with van der Waals surface area (Å²) in [5, 5.41) is 12.0. The van der Waals surface area contributed by atoms with Crippen molar-refractivity contribution >= 4 is 84.7 Å². The maximum absolute atomic E-state index is 15.1. The highest BCUT2D eigenvalue weighted by Gasteiger charge is 2.44. The molecule has 0 spiro atoms. The molecule has 0 amide bonds. The molecular weight excluding hydrogens is 1110 g/mol. The van der Waals surface area contributed by atoms with Crippen molar-refractivity contribution in [2.45, 2.75) is 6.18 Å². The Morgan fingerprint density at radius 2 is 0.811 bits per heavy atom. The van der Waals surface area contributed by atoms with Crippen molar-refractivity contribution in [2.75, 3.05) is 9.80 Å². The number of benzene rings is 13. The molecule has 9 heteroatoms. The van der Waals surface area contributed by atoms with Crippen LogP contribution in [0.4, 0.5) is 53.0 Å². The van der Waals surface area contributed by atoms with Gasteiger partial charge in [0.2, 0.25) is 0 Å². The fraction of sp³-hybridized carbons (Fsp3) is 0.0123. The molecular formula is C81H49BF3N5. The van der Waals surface area contributed by atoms with Gasteiger partial charge in [-0.05, 0) is 169 Å². The molecule has 422 valence electrons. The second-order valence-electron chi connectivity index (χ2n) is 22.9. The normalized spacial score (nSPS) is 12.3. The van der Waals surface area contributed by atoms with Crippen LogP contribution in [-0.4, -0.2) is 11.3 Å². The maximum Gasteiger partial charge on any atom is 0.415 e. The van der Waals surface area contributed by atoms with Crippen molar-refractivity contribution in [3.63, 3.8) is 0 Å². The van der Waals surface area contributed by atoms with Gasteiger partial charge in [0, 0.05) is 50.5 Å². The van der Waals surface area contributed by atoms with Gasteiger partial charge in [0.15, 0.2) is 5.69 Å². The summed E-state index contributed by atoms with van der Waals surface area (Å²) in [5.74, 6) is 0. The smallest absolute Gasteiger partial charge is 0.311 e. The Balaban J connectivity index is 0.964. The van der Waals surface area contributed by atoms with E-state index in [9.17, 15) is 5.26 Å². The predicted molar refractivity (Wildman–Crippen MR) is 363 cm³/mol. The molecule has 0 saturated heterocycles. The summed E-state index contributed by atoms with van der Waals surface area (Å²) >= 11 is 0. The summed E-state index contributed by atoms with van der Waals surface area (Å²) in [4.78, 5) is 8.23. The molecule has 13 aromatic carbocycles. The van der Waals surface area contributed by atoms with Crippen molar-refractivity contribution in [1.29, 1.82) is 5.26 Å². The first kappa shape index (κ1) is 53.6. The van der Waals surface area contributed by atoms with Gasteiger partial charge in [0.05, 0.1) is 40.5 Å². The first-order valence-corrected chi connectivity index (χ1v) is 29.8. The van der Waals surface area contributed by atoms with Crippen molar-refractivity contribution in [1.82, 2.24) is 4.57 Å². The Hall–Kier alpha value is -11.9. The van der Waals surface area contributed by atoms with Crippen LogP contribution in [-0.2, 0) is 6.18 Å². The molecule has 0 radical (unpaired) electrons. The second-order valence-corrected chi connectivity index (χ2v) is 22.9. The molecule has 90 heavy (non-hydrogen) atoms. The Kier molecular flexibility index (Phi) is 12.8. The lowest BCUT2D eigenvalue weighted by Crippen LogP contribution is -2.61. The first-order valence-electron chi connectivity index (χ1n) is 29.8. The van der Waals surface area contributed by atoms with Crippen LogP contribution in [0.5, 0.6) is 0 Å². The van der Waals surface area contributed by atoms with Crippen molar-refractivity contribution in [2.24, 2.45) is 0 Å². The lowest BCUT2D eigenvalue weighted by atomic mass is 9.33. The van der Waals surface area contributed by atoms with Crippen LogP contribution in [0.25, 0.3) is 99.1 Å². The van der Waals surface area contributed by atoms with Crippen molar-refractivity contribution in [3.05, 3.63) is 320 Å². The van der Waals surface area contributed by atoms with Crippen LogP contribution in [0.1, 0.15) is 11.1 Å². The van der Waals surface area contributed by atoms with Gasteiger partial charge in [-0.15, -0.1) is 0 Å². The number of nitriles is 1. The summed E-state index contributed by atoms with van der Waals surface area (Å²) < 4.78 is 47.4. The molecule has 0 unspecified atom stereocenters. The quantitative estimate of drug-likeness (QED) is 0.107. The van der Waals surface area contributed by atoms with Crippen LogP contribution in [0.3, 0.4) is 0 Å². The summed E-state index contributed by atoms with van der Waals surface area (Å²) in [7, 11) is 0. The largest absolute Gasteiger partial charge is 0.415 e. The minimum Gasteiger partial charge on any atom is -0.311 e. The molecule has 0 bridgehead atoms. The zero-order valence-electron chi connectivity index (χ0n) is 48.2. The summed E-state index contributed by atoms with van der Waals surface area (Å²) in [6.07, 6.45) is -4.79. The number of fused-ring (bicyclic) bond motifs is 7.